The third kappa shape index (κ3) is 2.22. The molecular formula is C8H10F3NS. The first-order valence-corrected chi connectivity index (χ1v) is 4.75. The molecule has 0 saturated carbocycles. The third-order valence-electron chi connectivity index (χ3n) is 1.79. The molecule has 1 aromatic heterocycles. The van der Waals surface area contributed by atoms with Crippen LogP contribution in [0.25, 0.3) is 0 Å². The van der Waals surface area contributed by atoms with E-state index in [0.717, 1.165) is 0 Å². The van der Waals surface area contributed by atoms with Crippen molar-refractivity contribution in [2.24, 2.45) is 5.73 Å². The van der Waals surface area contributed by atoms with Crippen molar-refractivity contribution in [2.75, 3.05) is 0 Å². The second-order valence-corrected chi connectivity index (χ2v) is 3.63. The molecule has 0 spiro atoms. The maximum Gasteiger partial charge on any atom is 0.425 e. The number of rotatable bonds is 2. The number of hydrogen-bond acceptors (Lipinski definition) is 2. The number of halogens is 3. The Hall–Kier alpha value is -0.550. The summed E-state index contributed by atoms with van der Waals surface area (Å²) in [6, 6.07) is 0.935. The van der Waals surface area contributed by atoms with Crippen LogP contribution in [0.15, 0.2) is 11.4 Å². The van der Waals surface area contributed by atoms with E-state index in [4.69, 9.17) is 5.73 Å². The Morgan fingerprint density at radius 1 is 1.54 bits per heavy atom. The number of alkyl halides is 3. The highest BCUT2D eigenvalue weighted by Crippen LogP contribution is 2.38. The molecule has 0 aliphatic rings. The lowest BCUT2D eigenvalue weighted by Crippen LogP contribution is -2.14. The van der Waals surface area contributed by atoms with Crippen LogP contribution in [0.4, 0.5) is 13.2 Å². The molecule has 0 bridgehead atoms. The van der Waals surface area contributed by atoms with Crippen molar-refractivity contribution in [1.82, 2.24) is 0 Å². The SMILES string of the molecule is CC[C@@H](N)c1ccsc1C(F)(F)F. The maximum atomic E-state index is 12.3. The van der Waals surface area contributed by atoms with Crippen LogP contribution in [0.1, 0.15) is 29.8 Å². The van der Waals surface area contributed by atoms with Gasteiger partial charge in [0, 0.05) is 6.04 Å². The van der Waals surface area contributed by atoms with Crippen LogP contribution >= 0.6 is 11.3 Å². The lowest BCUT2D eigenvalue weighted by atomic mass is 10.1. The molecule has 0 fully saturated rings. The van der Waals surface area contributed by atoms with Gasteiger partial charge in [-0.2, -0.15) is 13.2 Å². The second-order valence-electron chi connectivity index (χ2n) is 2.72. The third-order valence-corrected chi connectivity index (χ3v) is 2.77. The van der Waals surface area contributed by atoms with E-state index in [2.05, 4.69) is 0 Å². The van der Waals surface area contributed by atoms with E-state index in [0.29, 0.717) is 17.8 Å². The van der Waals surface area contributed by atoms with Crippen molar-refractivity contribution in [3.05, 3.63) is 21.9 Å². The van der Waals surface area contributed by atoms with E-state index in [-0.39, 0.29) is 5.56 Å². The van der Waals surface area contributed by atoms with Gasteiger partial charge in [0.15, 0.2) is 0 Å². The molecule has 1 heterocycles. The first-order chi connectivity index (χ1) is 5.96. The van der Waals surface area contributed by atoms with Gasteiger partial charge in [0.1, 0.15) is 4.88 Å². The Kier molecular flexibility index (Phi) is 2.98. The molecule has 1 nitrogen and oxygen atoms in total. The second kappa shape index (κ2) is 3.67. The molecule has 2 N–H and O–H groups in total. The van der Waals surface area contributed by atoms with Crippen LogP contribution in [0, 0.1) is 0 Å². The van der Waals surface area contributed by atoms with Crippen molar-refractivity contribution >= 4 is 11.3 Å². The highest BCUT2D eigenvalue weighted by molar-refractivity contribution is 7.10. The number of hydrogen-bond donors (Lipinski definition) is 1. The molecular weight excluding hydrogens is 199 g/mol. The van der Waals surface area contributed by atoms with Gasteiger partial charge in [0.25, 0.3) is 0 Å². The fourth-order valence-corrected chi connectivity index (χ4v) is 1.90. The Bertz CT molecular complexity index is 279. The van der Waals surface area contributed by atoms with Crippen molar-refractivity contribution in [3.63, 3.8) is 0 Å². The van der Waals surface area contributed by atoms with Gasteiger partial charge in [-0.3, -0.25) is 0 Å². The van der Waals surface area contributed by atoms with Crippen molar-refractivity contribution in [2.45, 2.75) is 25.6 Å². The standard InChI is InChI=1S/C8H10F3NS/c1-2-6(12)5-3-4-13-7(5)8(9,10)11/h3-4,6H,2,12H2,1H3/t6-/m1/s1. The lowest BCUT2D eigenvalue weighted by molar-refractivity contribution is -0.135. The van der Waals surface area contributed by atoms with Gasteiger partial charge in [0.05, 0.1) is 0 Å². The Labute approximate surface area is 78.4 Å². The van der Waals surface area contributed by atoms with E-state index < -0.39 is 17.1 Å². The normalized spacial score (nSPS) is 14.5. The molecule has 0 amide bonds. The summed E-state index contributed by atoms with van der Waals surface area (Å²) < 4.78 is 37.0. The van der Waals surface area contributed by atoms with Gasteiger partial charge < -0.3 is 5.73 Å². The summed E-state index contributed by atoms with van der Waals surface area (Å²) in [5.74, 6) is 0. The van der Waals surface area contributed by atoms with Gasteiger partial charge in [-0.15, -0.1) is 11.3 Å². The molecule has 1 aromatic rings. The zero-order valence-corrected chi connectivity index (χ0v) is 7.88. The van der Waals surface area contributed by atoms with Crippen molar-refractivity contribution < 1.29 is 13.2 Å². The molecule has 0 aliphatic carbocycles. The first-order valence-electron chi connectivity index (χ1n) is 3.87. The summed E-state index contributed by atoms with van der Waals surface area (Å²) in [5.41, 5.74) is 5.75. The lowest BCUT2D eigenvalue weighted by Gasteiger charge is -2.11. The summed E-state index contributed by atoms with van der Waals surface area (Å²) in [6.45, 7) is 1.77. The van der Waals surface area contributed by atoms with Gasteiger partial charge >= 0.3 is 6.18 Å². The fourth-order valence-electron chi connectivity index (χ4n) is 1.06. The highest BCUT2D eigenvalue weighted by atomic mass is 32.1. The van der Waals surface area contributed by atoms with Gasteiger partial charge in [-0.1, -0.05) is 6.92 Å². The Morgan fingerprint density at radius 2 is 2.15 bits per heavy atom. The minimum Gasteiger partial charge on any atom is -0.324 e. The van der Waals surface area contributed by atoms with Crippen molar-refractivity contribution in [3.8, 4) is 0 Å². The van der Waals surface area contributed by atoms with E-state index in [9.17, 15) is 13.2 Å². The first kappa shape index (κ1) is 10.5. The predicted octanol–water partition coefficient (Wildman–Crippen LogP) is 3.18. The minimum absolute atomic E-state index is 0.208. The summed E-state index contributed by atoms with van der Waals surface area (Å²) in [5, 5.41) is 1.42. The monoisotopic (exact) mass is 209 g/mol. The van der Waals surface area contributed by atoms with E-state index in [1.807, 2.05) is 0 Å². The average molecular weight is 209 g/mol. The summed E-state index contributed by atoms with van der Waals surface area (Å²) >= 11 is 0.695. The highest BCUT2D eigenvalue weighted by Gasteiger charge is 2.35. The molecule has 1 rings (SSSR count). The predicted molar refractivity (Wildman–Crippen MR) is 46.5 cm³/mol. The molecule has 0 saturated heterocycles. The number of nitrogens with two attached hydrogens (primary N) is 1. The Morgan fingerprint density at radius 3 is 2.62 bits per heavy atom. The van der Waals surface area contributed by atoms with Gasteiger partial charge in [-0.25, -0.2) is 0 Å². The largest absolute Gasteiger partial charge is 0.425 e. The van der Waals surface area contributed by atoms with Crippen LogP contribution in [-0.4, -0.2) is 0 Å². The van der Waals surface area contributed by atoms with E-state index >= 15 is 0 Å². The molecule has 13 heavy (non-hydrogen) atoms. The quantitative estimate of drug-likeness (QED) is 0.795. The van der Waals surface area contributed by atoms with Crippen LogP contribution in [0.5, 0.6) is 0 Å². The minimum atomic E-state index is -4.27. The molecule has 0 unspecified atom stereocenters. The molecule has 5 heteroatoms. The van der Waals surface area contributed by atoms with Gasteiger partial charge in [-0.05, 0) is 23.4 Å². The molecule has 0 radical (unpaired) electrons. The zero-order chi connectivity index (χ0) is 10.1. The van der Waals surface area contributed by atoms with Crippen molar-refractivity contribution in [1.29, 1.82) is 0 Å². The molecule has 1 atom stereocenters. The van der Waals surface area contributed by atoms with Crippen LogP contribution < -0.4 is 5.73 Å². The van der Waals surface area contributed by atoms with E-state index in [1.54, 1.807) is 6.92 Å². The smallest absolute Gasteiger partial charge is 0.324 e. The van der Waals surface area contributed by atoms with Crippen LogP contribution in [-0.2, 0) is 6.18 Å². The molecule has 74 valence electrons. The Balaban J connectivity index is 3.03. The van der Waals surface area contributed by atoms with Gasteiger partial charge in [0.2, 0.25) is 0 Å². The maximum absolute atomic E-state index is 12.3. The van der Waals surface area contributed by atoms with Crippen LogP contribution in [0.3, 0.4) is 0 Å². The van der Waals surface area contributed by atoms with E-state index in [1.165, 1.54) is 11.4 Å². The molecule has 0 aliphatic heterocycles. The summed E-state index contributed by atoms with van der Waals surface area (Å²) in [4.78, 5) is -0.568. The zero-order valence-electron chi connectivity index (χ0n) is 7.06. The molecule has 0 aromatic carbocycles. The fraction of sp³-hybridized carbons (Fsp3) is 0.500. The topological polar surface area (TPSA) is 26.0 Å². The average Bonchev–Trinajstić information content (AvgIpc) is 2.49. The number of thiophene rings is 1. The summed E-state index contributed by atoms with van der Waals surface area (Å²) in [7, 11) is 0. The summed E-state index contributed by atoms with van der Waals surface area (Å²) in [6.07, 6.45) is -3.75. The van der Waals surface area contributed by atoms with Crippen LogP contribution in [0.2, 0.25) is 0 Å².